The van der Waals surface area contributed by atoms with Gasteiger partial charge in [0.05, 0.1) is 17.1 Å². The van der Waals surface area contributed by atoms with E-state index in [0.717, 1.165) is 31.6 Å². The summed E-state index contributed by atoms with van der Waals surface area (Å²) in [5.41, 5.74) is -1.36. The van der Waals surface area contributed by atoms with E-state index in [1.165, 1.54) is 6.42 Å². The molecule has 0 radical (unpaired) electrons. The van der Waals surface area contributed by atoms with E-state index in [4.69, 9.17) is 5.26 Å². The summed E-state index contributed by atoms with van der Waals surface area (Å²) < 4.78 is 0. The summed E-state index contributed by atoms with van der Waals surface area (Å²) >= 11 is 0. The quantitative estimate of drug-likeness (QED) is 0.736. The lowest BCUT2D eigenvalue weighted by Crippen LogP contribution is -2.46. The lowest BCUT2D eigenvalue weighted by molar-refractivity contribution is -0.0768. The summed E-state index contributed by atoms with van der Waals surface area (Å²) in [7, 11) is 0. The summed E-state index contributed by atoms with van der Waals surface area (Å²) in [6.45, 7) is 5.89. The Morgan fingerprint density at radius 1 is 1.43 bits per heavy atom. The smallest absolute Gasteiger partial charge is 0.0828 e. The summed E-state index contributed by atoms with van der Waals surface area (Å²) in [6.07, 6.45) is 4.90. The molecule has 1 aliphatic rings. The van der Waals surface area contributed by atoms with Crippen molar-refractivity contribution >= 4 is 0 Å². The Balaban J connectivity index is 2.67. The van der Waals surface area contributed by atoms with Crippen molar-refractivity contribution in [3.8, 4) is 6.07 Å². The Labute approximate surface area is 86.9 Å². The Morgan fingerprint density at radius 3 is 2.29 bits per heavy atom. The van der Waals surface area contributed by atoms with Crippen LogP contribution in [0, 0.1) is 22.7 Å². The van der Waals surface area contributed by atoms with Crippen LogP contribution in [-0.4, -0.2) is 10.7 Å². The van der Waals surface area contributed by atoms with Crippen LogP contribution in [-0.2, 0) is 0 Å². The van der Waals surface area contributed by atoms with Gasteiger partial charge in [-0.15, -0.1) is 0 Å². The molecule has 0 saturated heterocycles. The standard InChI is InChI=1S/C12H21NO/c1-4-10-5-7-12(14,8-6-10)11(2,3)9-13/h10,14H,4-8H2,1-3H3. The van der Waals surface area contributed by atoms with Crippen molar-refractivity contribution in [3.63, 3.8) is 0 Å². The van der Waals surface area contributed by atoms with Gasteiger partial charge >= 0.3 is 0 Å². The maximum absolute atomic E-state index is 10.4. The van der Waals surface area contributed by atoms with Crippen molar-refractivity contribution in [2.24, 2.45) is 11.3 Å². The zero-order chi connectivity index (χ0) is 10.8. The van der Waals surface area contributed by atoms with Gasteiger partial charge in [0.1, 0.15) is 0 Å². The average molecular weight is 195 g/mol. The molecule has 1 saturated carbocycles. The van der Waals surface area contributed by atoms with Gasteiger partial charge in [-0.3, -0.25) is 0 Å². The second-order valence-corrected chi connectivity index (χ2v) is 5.12. The number of nitriles is 1. The SMILES string of the molecule is CCC1CCC(O)(C(C)(C)C#N)CC1. The molecule has 1 aliphatic carbocycles. The van der Waals surface area contributed by atoms with Crippen LogP contribution in [0.5, 0.6) is 0 Å². The van der Waals surface area contributed by atoms with Crippen molar-refractivity contribution < 1.29 is 5.11 Å². The molecule has 2 nitrogen and oxygen atoms in total. The molecule has 14 heavy (non-hydrogen) atoms. The molecule has 1 N–H and O–H groups in total. The third kappa shape index (κ3) is 1.93. The topological polar surface area (TPSA) is 44.0 Å². The summed E-state index contributed by atoms with van der Waals surface area (Å²) in [5, 5.41) is 19.4. The van der Waals surface area contributed by atoms with Crippen LogP contribution in [0.2, 0.25) is 0 Å². The first-order chi connectivity index (χ1) is 6.45. The van der Waals surface area contributed by atoms with E-state index in [-0.39, 0.29) is 0 Å². The minimum atomic E-state index is -0.757. The van der Waals surface area contributed by atoms with Crippen molar-refractivity contribution in [3.05, 3.63) is 0 Å². The normalized spacial score (nSPS) is 33.8. The van der Waals surface area contributed by atoms with E-state index in [0.29, 0.717) is 0 Å². The number of aliphatic hydroxyl groups is 1. The molecule has 80 valence electrons. The number of rotatable bonds is 2. The third-order valence-electron chi connectivity index (χ3n) is 3.95. The monoisotopic (exact) mass is 195 g/mol. The Bertz CT molecular complexity index is 231. The Morgan fingerprint density at radius 2 is 1.93 bits per heavy atom. The van der Waals surface area contributed by atoms with Crippen LogP contribution >= 0.6 is 0 Å². The number of hydrogen-bond donors (Lipinski definition) is 1. The van der Waals surface area contributed by atoms with E-state index in [1.54, 1.807) is 0 Å². The van der Waals surface area contributed by atoms with Gasteiger partial charge in [0.25, 0.3) is 0 Å². The van der Waals surface area contributed by atoms with Crippen LogP contribution in [0.25, 0.3) is 0 Å². The fourth-order valence-electron chi connectivity index (χ4n) is 2.29. The molecule has 0 aromatic carbocycles. The van der Waals surface area contributed by atoms with Gasteiger partial charge in [-0.2, -0.15) is 5.26 Å². The maximum Gasteiger partial charge on any atom is 0.0828 e. The fourth-order valence-corrected chi connectivity index (χ4v) is 2.29. The van der Waals surface area contributed by atoms with Crippen LogP contribution in [0.15, 0.2) is 0 Å². The highest BCUT2D eigenvalue weighted by molar-refractivity contribution is 5.07. The first-order valence-corrected chi connectivity index (χ1v) is 5.59. The number of nitrogens with zero attached hydrogens (tertiary/aromatic N) is 1. The Kier molecular flexibility index (Phi) is 3.21. The predicted molar refractivity (Wildman–Crippen MR) is 56.6 cm³/mol. The molecule has 0 unspecified atom stereocenters. The number of hydrogen-bond acceptors (Lipinski definition) is 2. The lowest BCUT2D eigenvalue weighted by atomic mass is 9.65. The van der Waals surface area contributed by atoms with Gasteiger partial charge in [-0.05, 0) is 45.4 Å². The maximum atomic E-state index is 10.4. The van der Waals surface area contributed by atoms with Crippen LogP contribution in [0.4, 0.5) is 0 Å². The van der Waals surface area contributed by atoms with Gasteiger partial charge in [0.15, 0.2) is 0 Å². The second kappa shape index (κ2) is 3.90. The fraction of sp³-hybridized carbons (Fsp3) is 0.917. The molecule has 1 rings (SSSR count). The Hall–Kier alpha value is -0.550. The average Bonchev–Trinajstić information content (AvgIpc) is 2.19. The van der Waals surface area contributed by atoms with Gasteiger partial charge in [-0.1, -0.05) is 13.3 Å². The van der Waals surface area contributed by atoms with Crippen LogP contribution in [0.3, 0.4) is 0 Å². The highest BCUT2D eigenvalue weighted by Crippen LogP contribution is 2.43. The molecule has 0 bridgehead atoms. The summed E-state index contributed by atoms with van der Waals surface area (Å²) in [4.78, 5) is 0. The molecule has 2 heteroatoms. The van der Waals surface area contributed by atoms with E-state index >= 15 is 0 Å². The molecular formula is C12H21NO. The molecule has 0 spiro atoms. The predicted octanol–water partition coefficient (Wildman–Crippen LogP) is 2.87. The second-order valence-electron chi connectivity index (χ2n) is 5.12. The van der Waals surface area contributed by atoms with E-state index in [9.17, 15) is 5.11 Å². The van der Waals surface area contributed by atoms with Gasteiger partial charge in [0, 0.05) is 0 Å². The van der Waals surface area contributed by atoms with Gasteiger partial charge < -0.3 is 5.11 Å². The zero-order valence-corrected chi connectivity index (χ0v) is 9.51. The molecule has 0 aromatic heterocycles. The molecule has 0 aromatic rings. The van der Waals surface area contributed by atoms with Crippen molar-refractivity contribution in [1.29, 1.82) is 5.26 Å². The van der Waals surface area contributed by atoms with Crippen LogP contribution < -0.4 is 0 Å². The lowest BCUT2D eigenvalue weighted by Gasteiger charge is -2.43. The zero-order valence-electron chi connectivity index (χ0n) is 9.51. The van der Waals surface area contributed by atoms with Crippen molar-refractivity contribution in [2.75, 3.05) is 0 Å². The molecule has 0 aliphatic heterocycles. The van der Waals surface area contributed by atoms with Crippen molar-refractivity contribution in [2.45, 2.75) is 58.5 Å². The van der Waals surface area contributed by atoms with Crippen LogP contribution in [0.1, 0.15) is 52.9 Å². The third-order valence-corrected chi connectivity index (χ3v) is 3.95. The highest BCUT2D eigenvalue weighted by atomic mass is 16.3. The van der Waals surface area contributed by atoms with E-state index in [1.807, 2.05) is 13.8 Å². The molecule has 1 fully saturated rings. The minimum Gasteiger partial charge on any atom is -0.388 e. The van der Waals surface area contributed by atoms with Gasteiger partial charge in [-0.25, -0.2) is 0 Å². The highest BCUT2D eigenvalue weighted by Gasteiger charge is 2.45. The minimum absolute atomic E-state index is 0.605. The first-order valence-electron chi connectivity index (χ1n) is 5.59. The largest absolute Gasteiger partial charge is 0.388 e. The first kappa shape index (κ1) is 11.5. The summed E-state index contributed by atoms with van der Waals surface area (Å²) in [5.74, 6) is 0.754. The van der Waals surface area contributed by atoms with E-state index < -0.39 is 11.0 Å². The van der Waals surface area contributed by atoms with Gasteiger partial charge in [0.2, 0.25) is 0 Å². The van der Waals surface area contributed by atoms with Crippen molar-refractivity contribution in [1.82, 2.24) is 0 Å². The molecule has 0 atom stereocenters. The molecule has 0 heterocycles. The molecule has 0 amide bonds. The van der Waals surface area contributed by atoms with E-state index in [2.05, 4.69) is 13.0 Å². The summed E-state index contributed by atoms with van der Waals surface area (Å²) in [6, 6.07) is 2.23. The molecular weight excluding hydrogens is 174 g/mol.